The zero-order chi connectivity index (χ0) is 11.3. The largest absolute Gasteiger partial charge is 0.390 e. The van der Waals surface area contributed by atoms with E-state index >= 15 is 0 Å². The Labute approximate surface area is 91.3 Å². The lowest BCUT2D eigenvalue weighted by Gasteiger charge is -2.22. The van der Waals surface area contributed by atoms with Gasteiger partial charge in [0.1, 0.15) is 0 Å². The molecule has 1 rings (SSSR count). The van der Waals surface area contributed by atoms with Crippen molar-refractivity contribution in [3.63, 3.8) is 0 Å². The number of hydrogen-bond donors (Lipinski definition) is 2. The summed E-state index contributed by atoms with van der Waals surface area (Å²) in [4.78, 5) is 0. The molecule has 4 heteroatoms. The summed E-state index contributed by atoms with van der Waals surface area (Å²) in [5, 5.41) is 17.2. The van der Waals surface area contributed by atoms with Crippen LogP contribution in [0.3, 0.4) is 0 Å². The average molecular weight is 211 g/mol. The maximum Gasteiger partial charge on any atom is 0.0635 e. The molecule has 0 bridgehead atoms. The van der Waals surface area contributed by atoms with Gasteiger partial charge in [-0.15, -0.1) is 0 Å². The first-order chi connectivity index (χ1) is 7.03. The fraction of sp³-hybridized carbons (Fsp3) is 0.727. The van der Waals surface area contributed by atoms with Crippen LogP contribution in [-0.2, 0) is 13.5 Å². The highest BCUT2D eigenvalue weighted by atomic mass is 16.3. The highest BCUT2D eigenvalue weighted by Gasteiger charge is 2.19. The lowest BCUT2D eigenvalue weighted by molar-refractivity contribution is 0.0430. The first kappa shape index (κ1) is 12.2. The quantitative estimate of drug-likeness (QED) is 0.728. The number of aryl methyl sites for hydroxylation is 2. The molecule has 1 aromatic rings. The predicted octanol–water partition coefficient (Wildman–Crippen LogP) is 0.713. The molecule has 2 N–H and O–H groups in total. The maximum absolute atomic E-state index is 10.0. The van der Waals surface area contributed by atoms with Crippen LogP contribution in [0.5, 0.6) is 0 Å². The summed E-state index contributed by atoms with van der Waals surface area (Å²) >= 11 is 0. The molecule has 0 fully saturated rings. The zero-order valence-electron chi connectivity index (χ0n) is 9.82. The second-order valence-electron chi connectivity index (χ2n) is 4.37. The molecule has 1 unspecified atom stereocenters. The third-order valence-corrected chi connectivity index (χ3v) is 2.62. The number of aromatic nitrogens is 2. The van der Waals surface area contributed by atoms with Crippen LogP contribution in [0.25, 0.3) is 0 Å². The Balaban J connectivity index is 2.35. The molecular weight excluding hydrogens is 190 g/mol. The second kappa shape index (κ2) is 5.28. The topological polar surface area (TPSA) is 50.1 Å². The highest BCUT2D eigenvalue weighted by molar-refractivity contribution is 5.04. The minimum Gasteiger partial charge on any atom is -0.390 e. The predicted molar refractivity (Wildman–Crippen MR) is 60.7 cm³/mol. The standard InChI is InChI=1S/C11H21N3O/c1-11(15,6-7-12-2)5-4-10-8-13-14(3)9-10/h8-9,12,15H,4-7H2,1-3H3. The van der Waals surface area contributed by atoms with Crippen LogP contribution in [0, 0.1) is 0 Å². The molecule has 0 saturated carbocycles. The van der Waals surface area contributed by atoms with Crippen molar-refractivity contribution in [1.29, 1.82) is 0 Å². The minimum atomic E-state index is -0.584. The molecule has 15 heavy (non-hydrogen) atoms. The van der Waals surface area contributed by atoms with Gasteiger partial charge in [-0.25, -0.2) is 0 Å². The summed E-state index contributed by atoms with van der Waals surface area (Å²) in [6.07, 6.45) is 6.29. The van der Waals surface area contributed by atoms with Crippen molar-refractivity contribution in [3.8, 4) is 0 Å². The lowest BCUT2D eigenvalue weighted by Crippen LogP contribution is -2.29. The summed E-state index contributed by atoms with van der Waals surface area (Å²) in [6.45, 7) is 2.74. The van der Waals surface area contributed by atoms with Crippen LogP contribution in [-0.4, -0.2) is 34.1 Å². The van der Waals surface area contributed by atoms with Crippen molar-refractivity contribution < 1.29 is 5.11 Å². The Bertz CT molecular complexity index is 294. The first-order valence-electron chi connectivity index (χ1n) is 5.38. The van der Waals surface area contributed by atoms with Crippen LogP contribution in [0.4, 0.5) is 0 Å². The number of rotatable bonds is 6. The van der Waals surface area contributed by atoms with Crippen molar-refractivity contribution in [2.75, 3.05) is 13.6 Å². The molecule has 0 aliphatic rings. The van der Waals surface area contributed by atoms with E-state index < -0.39 is 5.60 Å². The SMILES string of the molecule is CNCCC(C)(O)CCc1cnn(C)c1. The maximum atomic E-state index is 10.0. The van der Waals surface area contributed by atoms with E-state index in [4.69, 9.17) is 0 Å². The molecule has 4 nitrogen and oxygen atoms in total. The summed E-state index contributed by atoms with van der Waals surface area (Å²) in [6, 6.07) is 0. The molecule has 86 valence electrons. The van der Waals surface area contributed by atoms with Crippen LogP contribution in [0.1, 0.15) is 25.3 Å². The van der Waals surface area contributed by atoms with Crippen molar-refractivity contribution in [1.82, 2.24) is 15.1 Å². The van der Waals surface area contributed by atoms with Crippen molar-refractivity contribution >= 4 is 0 Å². The molecule has 0 aliphatic heterocycles. The zero-order valence-corrected chi connectivity index (χ0v) is 9.82. The van der Waals surface area contributed by atoms with Gasteiger partial charge in [-0.3, -0.25) is 4.68 Å². The summed E-state index contributed by atoms with van der Waals surface area (Å²) < 4.78 is 1.79. The molecule has 1 heterocycles. The summed E-state index contributed by atoms with van der Waals surface area (Å²) in [5.41, 5.74) is 0.598. The third kappa shape index (κ3) is 4.44. The average Bonchev–Trinajstić information content (AvgIpc) is 2.59. The van der Waals surface area contributed by atoms with Gasteiger partial charge >= 0.3 is 0 Å². The van der Waals surface area contributed by atoms with Crippen LogP contribution in [0.15, 0.2) is 12.4 Å². The van der Waals surface area contributed by atoms with Gasteiger partial charge in [0.2, 0.25) is 0 Å². The Morgan fingerprint density at radius 2 is 2.27 bits per heavy atom. The van der Waals surface area contributed by atoms with Gasteiger partial charge in [0.15, 0.2) is 0 Å². The van der Waals surface area contributed by atoms with Gasteiger partial charge < -0.3 is 10.4 Å². The molecule has 0 saturated heterocycles. The fourth-order valence-corrected chi connectivity index (χ4v) is 1.53. The summed E-state index contributed by atoms with van der Waals surface area (Å²) in [5.74, 6) is 0. The van der Waals surface area contributed by atoms with Gasteiger partial charge in [0.05, 0.1) is 11.8 Å². The highest BCUT2D eigenvalue weighted by Crippen LogP contribution is 2.16. The molecule has 1 aromatic heterocycles. The smallest absolute Gasteiger partial charge is 0.0635 e. The Kier molecular flexibility index (Phi) is 4.29. The van der Waals surface area contributed by atoms with E-state index in [0.717, 1.165) is 25.8 Å². The molecule has 1 atom stereocenters. The van der Waals surface area contributed by atoms with Gasteiger partial charge in [-0.2, -0.15) is 5.10 Å². The van der Waals surface area contributed by atoms with Crippen LogP contribution >= 0.6 is 0 Å². The molecule has 0 aromatic carbocycles. The molecule has 0 spiro atoms. The van der Waals surface area contributed by atoms with E-state index in [1.807, 2.05) is 33.4 Å². The number of aliphatic hydroxyl groups is 1. The first-order valence-corrected chi connectivity index (χ1v) is 5.38. The van der Waals surface area contributed by atoms with Crippen molar-refractivity contribution in [2.45, 2.75) is 31.8 Å². The van der Waals surface area contributed by atoms with Crippen LogP contribution < -0.4 is 5.32 Å². The monoisotopic (exact) mass is 211 g/mol. The van der Waals surface area contributed by atoms with E-state index in [1.54, 1.807) is 4.68 Å². The minimum absolute atomic E-state index is 0.584. The summed E-state index contributed by atoms with van der Waals surface area (Å²) in [7, 11) is 3.81. The molecular formula is C11H21N3O. The Morgan fingerprint density at radius 1 is 1.53 bits per heavy atom. The van der Waals surface area contributed by atoms with Crippen molar-refractivity contribution in [2.24, 2.45) is 7.05 Å². The van der Waals surface area contributed by atoms with Gasteiger partial charge in [0.25, 0.3) is 0 Å². The molecule has 0 aliphatic carbocycles. The van der Waals surface area contributed by atoms with Crippen molar-refractivity contribution in [3.05, 3.63) is 18.0 Å². The second-order valence-corrected chi connectivity index (χ2v) is 4.37. The van der Waals surface area contributed by atoms with Gasteiger partial charge in [-0.05, 0) is 45.3 Å². The Morgan fingerprint density at radius 3 is 2.80 bits per heavy atom. The Hall–Kier alpha value is -0.870. The number of hydrogen-bond acceptors (Lipinski definition) is 3. The van der Waals surface area contributed by atoms with E-state index in [1.165, 1.54) is 5.56 Å². The van der Waals surface area contributed by atoms with Gasteiger partial charge in [0, 0.05) is 13.2 Å². The van der Waals surface area contributed by atoms with Gasteiger partial charge in [-0.1, -0.05) is 0 Å². The van der Waals surface area contributed by atoms with E-state index in [0.29, 0.717) is 0 Å². The lowest BCUT2D eigenvalue weighted by atomic mass is 9.94. The normalized spacial score (nSPS) is 15.2. The third-order valence-electron chi connectivity index (χ3n) is 2.62. The molecule has 0 amide bonds. The molecule has 0 radical (unpaired) electrons. The number of nitrogens with zero attached hydrogens (tertiary/aromatic N) is 2. The van der Waals surface area contributed by atoms with E-state index in [-0.39, 0.29) is 0 Å². The van der Waals surface area contributed by atoms with E-state index in [2.05, 4.69) is 10.4 Å². The number of nitrogens with one attached hydrogen (secondary N) is 1. The van der Waals surface area contributed by atoms with Crippen LogP contribution in [0.2, 0.25) is 0 Å². The van der Waals surface area contributed by atoms with E-state index in [9.17, 15) is 5.11 Å². The fourth-order valence-electron chi connectivity index (χ4n) is 1.53.